The Kier molecular flexibility index (Phi) is 4.93. The van der Waals surface area contributed by atoms with E-state index in [0.29, 0.717) is 12.4 Å². The summed E-state index contributed by atoms with van der Waals surface area (Å²) in [4.78, 5) is 0.228. The molecule has 0 saturated heterocycles. The van der Waals surface area contributed by atoms with Gasteiger partial charge in [0.1, 0.15) is 17.3 Å². The van der Waals surface area contributed by atoms with Crippen LogP contribution in [0.15, 0.2) is 33.6 Å². The van der Waals surface area contributed by atoms with Crippen molar-refractivity contribution in [1.82, 2.24) is 4.72 Å². The van der Waals surface area contributed by atoms with Gasteiger partial charge in [0.25, 0.3) is 0 Å². The van der Waals surface area contributed by atoms with E-state index in [-0.39, 0.29) is 11.4 Å². The molecule has 0 aliphatic rings. The van der Waals surface area contributed by atoms with Crippen LogP contribution in [0.5, 0.6) is 5.75 Å². The fourth-order valence-electron chi connectivity index (χ4n) is 2.22. The zero-order valence-corrected chi connectivity index (χ0v) is 14.1. The largest absolute Gasteiger partial charge is 0.494 e. The van der Waals surface area contributed by atoms with Gasteiger partial charge in [-0.1, -0.05) is 0 Å². The minimum Gasteiger partial charge on any atom is -0.494 e. The molecule has 22 heavy (non-hydrogen) atoms. The summed E-state index contributed by atoms with van der Waals surface area (Å²) in [6.45, 7) is 8.12. The van der Waals surface area contributed by atoms with Gasteiger partial charge in [0.05, 0.1) is 11.5 Å². The molecule has 0 atom stereocenters. The summed E-state index contributed by atoms with van der Waals surface area (Å²) >= 11 is 0. The Morgan fingerprint density at radius 3 is 2.45 bits per heavy atom. The number of ether oxygens (including phenoxy) is 1. The van der Waals surface area contributed by atoms with Crippen LogP contribution in [-0.2, 0) is 16.6 Å². The van der Waals surface area contributed by atoms with E-state index in [1.807, 2.05) is 33.8 Å². The van der Waals surface area contributed by atoms with Crippen molar-refractivity contribution < 1.29 is 17.6 Å². The SMILES string of the molecule is CCOc1ccc(S(=O)(=O)NCc2cc(C)oc2C)cc1C. The summed E-state index contributed by atoms with van der Waals surface area (Å²) in [7, 11) is -3.57. The Morgan fingerprint density at radius 2 is 1.91 bits per heavy atom. The maximum absolute atomic E-state index is 12.4. The second-order valence-corrected chi connectivity index (χ2v) is 6.89. The molecule has 0 bridgehead atoms. The zero-order valence-electron chi connectivity index (χ0n) is 13.3. The van der Waals surface area contributed by atoms with Gasteiger partial charge in [0, 0.05) is 12.1 Å². The minimum atomic E-state index is -3.57. The van der Waals surface area contributed by atoms with Crippen molar-refractivity contribution >= 4 is 10.0 Å². The van der Waals surface area contributed by atoms with Crippen LogP contribution >= 0.6 is 0 Å². The Bertz CT molecular complexity index is 762. The molecule has 2 aromatic rings. The number of benzene rings is 1. The van der Waals surface area contributed by atoms with E-state index in [4.69, 9.17) is 9.15 Å². The van der Waals surface area contributed by atoms with Crippen LogP contribution in [0, 0.1) is 20.8 Å². The van der Waals surface area contributed by atoms with Gasteiger partial charge in [0.2, 0.25) is 10.0 Å². The van der Waals surface area contributed by atoms with Gasteiger partial charge >= 0.3 is 0 Å². The third-order valence-corrected chi connectivity index (χ3v) is 4.75. The van der Waals surface area contributed by atoms with Crippen LogP contribution in [-0.4, -0.2) is 15.0 Å². The molecule has 0 saturated carbocycles. The summed E-state index contributed by atoms with van der Waals surface area (Å²) in [5, 5.41) is 0. The highest BCUT2D eigenvalue weighted by atomic mass is 32.2. The van der Waals surface area contributed by atoms with E-state index in [0.717, 1.165) is 22.6 Å². The summed E-state index contributed by atoms with van der Waals surface area (Å²) < 4.78 is 38.1. The van der Waals surface area contributed by atoms with Gasteiger partial charge < -0.3 is 9.15 Å². The molecule has 0 amide bonds. The number of aryl methyl sites for hydroxylation is 3. The lowest BCUT2D eigenvalue weighted by Crippen LogP contribution is -2.23. The van der Waals surface area contributed by atoms with E-state index in [2.05, 4.69) is 4.72 Å². The first-order valence-electron chi connectivity index (χ1n) is 7.12. The van der Waals surface area contributed by atoms with Crippen molar-refractivity contribution in [2.24, 2.45) is 0 Å². The molecule has 1 heterocycles. The van der Waals surface area contributed by atoms with Gasteiger partial charge in [-0.3, -0.25) is 0 Å². The predicted octanol–water partition coefficient (Wildman–Crippen LogP) is 3.08. The molecule has 5 nitrogen and oxygen atoms in total. The van der Waals surface area contributed by atoms with Crippen LogP contribution < -0.4 is 9.46 Å². The molecule has 0 aliphatic heterocycles. The monoisotopic (exact) mass is 323 g/mol. The molecule has 1 aromatic heterocycles. The topological polar surface area (TPSA) is 68.5 Å². The highest BCUT2D eigenvalue weighted by molar-refractivity contribution is 7.89. The maximum Gasteiger partial charge on any atom is 0.240 e. The fraction of sp³-hybridized carbons (Fsp3) is 0.375. The first kappa shape index (κ1) is 16.6. The van der Waals surface area contributed by atoms with Crippen molar-refractivity contribution in [3.8, 4) is 5.75 Å². The van der Waals surface area contributed by atoms with Crippen molar-refractivity contribution in [3.05, 3.63) is 46.9 Å². The van der Waals surface area contributed by atoms with Crippen LogP contribution in [0.2, 0.25) is 0 Å². The van der Waals surface area contributed by atoms with E-state index in [9.17, 15) is 8.42 Å². The summed E-state index contributed by atoms with van der Waals surface area (Å²) in [6, 6.07) is 6.68. The number of nitrogens with one attached hydrogen (secondary N) is 1. The number of furan rings is 1. The molecule has 0 unspecified atom stereocenters. The van der Waals surface area contributed by atoms with Crippen LogP contribution in [0.3, 0.4) is 0 Å². The molecule has 1 aromatic carbocycles. The van der Waals surface area contributed by atoms with E-state index >= 15 is 0 Å². The first-order chi connectivity index (χ1) is 10.3. The van der Waals surface area contributed by atoms with E-state index in [1.54, 1.807) is 18.2 Å². The predicted molar refractivity (Wildman–Crippen MR) is 84.6 cm³/mol. The third-order valence-electron chi connectivity index (χ3n) is 3.35. The standard InChI is InChI=1S/C16H21NO4S/c1-5-20-16-7-6-15(8-11(16)2)22(18,19)17-10-14-9-12(3)21-13(14)4/h6-9,17H,5,10H2,1-4H3. The normalized spacial score (nSPS) is 11.6. The fourth-order valence-corrected chi connectivity index (χ4v) is 3.31. The number of hydrogen-bond donors (Lipinski definition) is 1. The van der Waals surface area contributed by atoms with Crippen molar-refractivity contribution in [2.75, 3.05) is 6.61 Å². The van der Waals surface area contributed by atoms with Crippen molar-refractivity contribution in [3.63, 3.8) is 0 Å². The molecule has 0 fully saturated rings. The summed E-state index contributed by atoms with van der Waals surface area (Å²) in [6.07, 6.45) is 0. The van der Waals surface area contributed by atoms with E-state index < -0.39 is 10.0 Å². The van der Waals surface area contributed by atoms with Gasteiger partial charge in [-0.05, 0) is 57.5 Å². The van der Waals surface area contributed by atoms with Crippen molar-refractivity contribution in [1.29, 1.82) is 0 Å². The second kappa shape index (κ2) is 6.54. The minimum absolute atomic E-state index is 0.206. The smallest absolute Gasteiger partial charge is 0.240 e. The molecular weight excluding hydrogens is 302 g/mol. The molecule has 2 rings (SSSR count). The van der Waals surface area contributed by atoms with E-state index in [1.165, 1.54) is 0 Å². The second-order valence-electron chi connectivity index (χ2n) is 5.12. The average molecular weight is 323 g/mol. The van der Waals surface area contributed by atoms with Gasteiger partial charge in [-0.25, -0.2) is 13.1 Å². The zero-order chi connectivity index (χ0) is 16.3. The lowest BCUT2D eigenvalue weighted by Gasteiger charge is -2.10. The molecule has 0 radical (unpaired) electrons. The van der Waals surface area contributed by atoms with Gasteiger partial charge in [0.15, 0.2) is 0 Å². The highest BCUT2D eigenvalue weighted by Crippen LogP contribution is 2.22. The summed E-state index contributed by atoms with van der Waals surface area (Å²) in [5.74, 6) is 2.19. The first-order valence-corrected chi connectivity index (χ1v) is 8.61. The number of hydrogen-bond acceptors (Lipinski definition) is 4. The average Bonchev–Trinajstić information content (AvgIpc) is 2.77. The Hall–Kier alpha value is -1.79. The highest BCUT2D eigenvalue weighted by Gasteiger charge is 2.16. The Balaban J connectivity index is 2.16. The van der Waals surface area contributed by atoms with Crippen LogP contribution in [0.1, 0.15) is 29.6 Å². The van der Waals surface area contributed by atoms with Gasteiger partial charge in [-0.15, -0.1) is 0 Å². The lowest BCUT2D eigenvalue weighted by molar-refractivity contribution is 0.337. The molecule has 120 valence electrons. The maximum atomic E-state index is 12.4. The van der Waals surface area contributed by atoms with Crippen LogP contribution in [0.25, 0.3) is 0 Å². The lowest BCUT2D eigenvalue weighted by atomic mass is 10.2. The van der Waals surface area contributed by atoms with Gasteiger partial charge in [-0.2, -0.15) is 0 Å². The Labute approximate surface area is 131 Å². The van der Waals surface area contributed by atoms with Crippen LogP contribution in [0.4, 0.5) is 0 Å². The number of sulfonamides is 1. The van der Waals surface area contributed by atoms with Crippen molar-refractivity contribution in [2.45, 2.75) is 39.1 Å². The molecule has 0 aliphatic carbocycles. The Morgan fingerprint density at radius 1 is 1.18 bits per heavy atom. The third kappa shape index (κ3) is 3.69. The molecule has 0 spiro atoms. The summed E-state index contributed by atoms with van der Waals surface area (Å²) in [5.41, 5.74) is 1.63. The quantitative estimate of drug-likeness (QED) is 0.887. The molecule has 6 heteroatoms. The molecule has 1 N–H and O–H groups in total. The molecular formula is C16H21NO4S. The number of rotatable bonds is 6.